The SMILES string of the molecule is CCCc1cc(=O)oc2cc(OCc3cc(C)ccc3C)c(Cl)cc12. The minimum Gasteiger partial charge on any atom is -0.487 e. The molecule has 0 fully saturated rings. The number of hydrogen-bond acceptors (Lipinski definition) is 3. The van der Waals surface area contributed by atoms with Crippen LogP contribution in [0.1, 0.15) is 35.6 Å². The molecule has 4 heteroatoms. The molecule has 0 saturated heterocycles. The lowest BCUT2D eigenvalue weighted by atomic mass is 10.1. The first-order chi connectivity index (χ1) is 12.0. The Labute approximate surface area is 152 Å². The summed E-state index contributed by atoms with van der Waals surface area (Å²) in [6, 6.07) is 11.3. The van der Waals surface area contributed by atoms with Crippen LogP contribution in [0.15, 0.2) is 45.6 Å². The van der Waals surface area contributed by atoms with Crippen LogP contribution in [0.25, 0.3) is 11.0 Å². The van der Waals surface area contributed by atoms with Crippen LogP contribution in [-0.4, -0.2) is 0 Å². The van der Waals surface area contributed by atoms with Crippen LogP contribution in [0.3, 0.4) is 0 Å². The van der Waals surface area contributed by atoms with Gasteiger partial charge in [-0.25, -0.2) is 4.79 Å². The maximum absolute atomic E-state index is 11.8. The van der Waals surface area contributed by atoms with Crippen molar-refractivity contribution in [1.82, 2.24) is 0 Å². The summed E-state index contributed by atoms with van der Waals surface area (Å²) in [6.07, 6.45) is 1.75. The number of rotatable bonds is 5. The van der Waals surface area contributed by atoms with E-state index in [0.717, 1.165) is 29.4 Å². The fraction of sp³-hybridized carbons (Fsp3) is 0.286. The van der Waals surface area contributed by atoms with Crippen molar-refractivity contribution in [1.29, 1.82) is 0 Å². The van der Waals surface area contributed by atoms with Crippen LogP contribution < -0.4 is 10.4 Å². The highest BCUT2D eigenvalue weighted by atomic mass is 35.5. The van der Waals surface area contributed by atoms with Crippen molar-refractivity contribution >= 4 is 22.6 Å². The van der Waals surface area contributed by atoms with Gasteiger partial charge >= 0.3 is 5.63 Å². The molecule has 2 aromatic carbocycles. The molecule has 25 heavy (non-hydrogen) atoms. The molecule has 1 heterocycles. The number of hydrogen-bond donors (Lipinski definition) is 0. The van der Waals surface area contributed by atoms with Crippen molar-refractivity contribution in [2.24, 2.45) is 0 Å². The summed E-state index contributed by atoms with van der Waals surface area (Å²) in [4.78, 5) is 11.8. The van der Waals surface area contributed by atoms with E-state index in [1.165, 1.54) is 11.1 Å². The molecule has 0 unspecified atom stereocenters. The standard InChI is InChI=1S/C21H21ClO3/c1-4-5-15-9-21(23)25-19-11-20(18(22)10-17(15)19)24-12-16-8-13(2)6-7-14(16)3/h6-11H,4-5,12H2,1-3H3. The summed E-state index contributed by atoms with van der Waals surface area (Å²) >= 11 is 6.41. The van der Waals surface area contributed by atoms with E-state index < -0.39 is 0 Å². The van der Waals surface area contributed by atoms with E-state index in [1.807, 2.05) is 6.07 Å². The summed E-state index contributed by atoms with van der Waals surface area (Å²) in [5.41, 5.74) is 4.58. The lowest BCUT2D eigenvalue weighted by molar-refractivity contribution is 0.305. The zero-order valence-corrected chi connectivity index (χ0v) is 15.4. The van der Waals surface area contributed by atoms with Crippen LogP contribution in [-0.2, 0) is 13.0 Å². The molecule has 0 amide bonds. The van der Waals surface area contributed by atoms with Crippen molar-refractivity contribution < 1.29 is 9.15 Å². The predicted octanol–water partition coefficient (Wildman–Crippen LogP) is 5.59. The molecule has 0 spiro atoms. The van der Waals surface area contributed by atoms with Gasteiger partial charge in [0.1, 0.15) is 17.9 Å². The summed E-state index contributed by atoms with van der Waals surface area (Å²) in [7, 11) is 0. The fourth-order valence-corrected chi connectivity index (χ4v) is 3.14. The van der Waals surface area contributed by atoms with Gasteiger partial charge in [-0.05, 0) is 43.0 Å². The molecule has 0 aliphatic heterocycles. The zero-order valence-electron chi connectivity index (χ0n) is 14.7. The molecule has 0 N–H and O–H groups in total. The Balaban J connectivity index is 1.95. The van der Waals surface area contributed by atoms with Gasteiger partial charge in [0.15, 0.2) is 0 Å². The average Bonchev–Trinajstić information content (AvgIpc) is 2.56. The second kappa shape index (κ2) is 7.32. The third kappa shape index (κ3) is 3.88. The van der Waals surface area contributed by atoms with Gasteiger partial charge in [-0.2, -0.15) is 0 Å². The first-order valence-corrected chi connectivity index (χ1v) is 8.81. The first kappa shape index (κ1) is 17.6. The number of fused-ring (bicyclic) bond motifs is 1. The van der Waals surface area contributed by atoms with Crippen molar-refractivity contribution in [3.63, 3.8) is 0 Å². The van der Waals surface area contributed by atoms with Crippen molar-refractivity contribution in [3.8, 4) is 5.75 Å². The van der Waals surface area contributed by atoms with Gasteiger partial charge in [-0.1, -0.05) is 48.7 Å². The third-order valence-corrected chi connectivity index (χ3v) is 4.59. The van der Waals surface area contributed by atoms with Crippen molar-refractivity contribution in [3.05, 3.63) is 74.1 Å². The Morgan fingerprint density at radius 2 is 1.88 bits per heavy atom. The van der Waals surface area contributed by atoms with E-state index in [9.17, 15) is 4.79 Å². The second-order valence-electron chi connectivity index (χ2n) is 6.34. The van der Waals surface area contributed by atoms with Crippen LogP contribution in [0.5, 0.6) is 5.75 Å². The van der Waals surface area contributed by atoms with E-state index in [4.69, 9.17) is 20.8 Å². The van der Waals surface area contributed by atoms with Gasteiger partial charge in [0.25, 0.3) is 0 Å². The van der Waals surface area contributed by atoms with E-state index in [1.54, 1.807) is 12.1 Å². The zero-order chi connectivity index (χ0) is 18.0. The van der Waals surface area contributed by atoms with E-state index in [0.29, 0.717) is 23.0 Å². The lowest BCUT2D eigenvalue weighted by Gasteiger charge is -2.12. The molecule has 1 aromatic heterocycles. The Morgan fingerprint density at radius 1 is 1.08 bits per heavy atom. The Kier molecular flexibility index (Phi) is 5.14. The highest BCUT2D eigenvalue weighted by molar-refractivity contribution is 6.32. The first-order valence-electron chi connectivity index (χ1n) is 8.43. The normalized spacial score (nSPS) is 11.0. The molecule has 3 aromatic rings. The minimum absolute atomic E-state index is 0.348. The largest absolute Gasteiger partial charge is 0.487 e. The van der Waals surface area contributed by atoms with Crippen LogP contribution in [0.2, 0.25) is 5.02 Å². The van der Waals surface area contributed by atoms with Gasteiger partial charge in [-0.15, -0.1) is 0 Å². The van der Waals surface area contributed by atoms with Crippen LogP contribution >= 0.6 is 11.6 Å². The summed E-state index contributed by atoms with van der Waals surface area (Å²) in [5, 5.41) is 1.38. The van der Waals surface area contributed by atoms with Crippen molar-refractivity contribution in [2.75, 3.05) is 0 Å². The molecule has 0 saturated carbocycles. The van der Waals surface area contributed by atoms with Crippen LogP contribution in [0.4, 0.5) is 0 Å². The number of benzene rings is 2. The Hall–Kier alpha value is -2.26. The monoisotopic (exact) mass is 356 g/mol. The molecule has 3 nitrogen and oxygen atoms in total. The van der Waals surface area contributed by atoms with Gasteiger partial charge in [0.2, 0.25) is 0 Å². The summed E-state index contributed by atoms with van der Waals surface area (Å²) in [6.45, 7) is 6.59. The second-order valence-corrected chi connectivity index (χ2v) is 6.75. The molecule has 3 rings (SSSR count). The summed E-state index contributed by atoms with van der Waals surface area (Å²) < 4.78 is 11.3. The smallest absolute Gasteiger partial charge is 0.336 e. The van der Waals surface area contributed by atoms with Gasteiger partial charge in [0.05, 0.1) is 5.02 Å². The van der Waals surface area contributed by atoms with E-state index in [2.05, 4.69) is 39.0 Å². The van der Waals surface area contributed by atoms with Crippen molar-refractivity contribution in [2.45, 2.75) is 40.2 Å². The molecule has 0 bridgehead atoms. The Morgan fingerprint density at radius 3 is 2.64 bits per heavy atom. The summed E-state index contributed by atoms with van der Waals surface area (Å²) in [5.74, 6) is 0.520. The average molecular weight is 357 g/mol. The molecular formula is C21H21ClO3. The quantitative estimate of drug-likeness (QED) is 0.559. The third-order valence-electron chi connectivity index (χ3n) is 4.29. The molecule has 0 radical (unpaired) electrons. The topological polar surface area (TPSA) is 39.4 Å². The lowest BCUT2D eigenvalue weighted by Crippen LogP contribution is -2.02. The van der Waals surface area contributed by atoms with E-state index in [-0.39, 0.29) is 5.63 Å². The maximum atomic E-state index is 11.8. The molecular weight excluding hydrogens is 336 g/mol. The number of halogens is 1. The van der Waals surface area contributed by atoms with Crippen LogP contribution in [0, 0.1) is 13.8 Å². The van der Waals surface area contributed by atoms with Gasteiger partial charge < -0.3 is 9.15 Å². The molecule has 0 atom stereocenters. The molecule has 0 aliphatic carbocycles. The molecule has 0 aliphatic rings. The van der Waals surface area contributed by atoms with Gasteiger partial charge in [0, 0.05) is 17.5 Å². The minimum atomic E-state index is -0.348. The maximum Gasteiger partial charge on any atom is 0.336 e. The Bertz CT molecular complexity index is 973. The predicted molar refractivity (Wildman–Crippen MR) is 102 cm³/mol. The van der Waals surface area contributed by atoms with Gasteiger partial charge in [-0.3, -0.25) is 0 Å². The fourth-order valence-electron chi connectivity index (χ4n) is 2.93. The van der Waals surface area contributed by atoms with E-state index >= 15 is 0 Å². The number of aryl methyl sites for hydroxylation is 3. The highest BCUT2D eigenvalue weighted by Crippen LogP contribution is 2.32. The highest BCUT2D eigenvalue weighted by Gasteiger charge is 2.11. The molecule has 130 valence electrons. The number of ether oxygens (including phenoxy) is 1.